The molecule has 1 aliphatic heterocycles. The van der Waals surface area contributed by atoms with Crippen LogP contribution in [-0.4, -0.2) is 12.5 Å². The molecule has 1 aromatic carbocycles. The average molecular weight is 257 g/mol. The lowest BCUT2D eigenvalue weighted by Crippen LogP contribution is -2.07. The fourth-order valence-electron chi connectivity index (χ4n) is 1.80. The summed E-state index contributed by atoms with van der Waals surface area (Å²) in [6.07, 6.45) is -4.32. The van der Waals surface area contributed by atoms with E-state index in [-0.39, 0.29) is 12.0 Å². The topological polar surface area (TPSA) is 21.6 Å². The second-order valence-corrected chi connectivity index (χ2v) is 4.57. The quantitative estimate of drug-likeness (QED) is 0.789. The van der Waals surface area contributed by atoms with Crippen molar-refractivity contribution in [2.75, 3.05) is 6.61 Å². The summed E-state index contributed by atoms with van der Waals surface area (Å²) in [5.74, 6) is 0.762. The lowest BCUT2D eigenvalue weighted by Gasteiger charge is -2.10. The molecule has 0 aliphatic carbocycles. The number of nitrogens with zero attached hydrogens (tertiary/aromatic N) is 1. The van der Waals surface area contributed by atoms with E-state index in [0.717, 1.165) is 12.1 Å². The second kappa shape index (κ2) is 4.63. The van der Waals surface area contributed by atoms with E-state index >= 15 is 0 Å². The molecule has 1 aliphatic rings. The molecule has 1 aromatic rings. The van der Waals surface area contributed by atoms with Crippen LogP contribution in [0.3, 0.4) is 0 Å². The van der Waals surface area contributed by atoms with Crippen molar-refractivity contribution >= 4 is 5.90 Å². The zero-order valence-electron chi connectivity index (χ0n) is 10.2. The minimum Gasteiger partial charge on any atom is -0.478 e. The first-order valence-corrected chi connectivity index (χ1v) is 5.75. The number of alkyl halides is 3. The summed E-state index contributed by atoms with van der Waals surface area (Å²) >= 11 is 0. The Bertz CT molecular complexity index is 466. The molecule has 0 bridgehead atoms. The first-order chi connectivity index (χ1) is 8.38. The number of rotatable bonds is 2. The van der Waals surface area contributed by atoms with Crippen LogP contribution in [-0.2, 0) is 10.9 Å². The van der Waals surface area contributed by atoms with Crippen LogP contribution in [0.5, 0.6) is 0 Å². The fourth-order valence-corrected chi connectivity index (χ4v) is 1.80. The van der Waals surface area contributed by atoms with Crippen molar-refractivity contribution < 1.29 is 17.9 Å². The molecule has 0 N–H and O–H groups in total. The first kappa shape index (κ1) is 12.9. The Morgan fingerprint density at radius 3 is 2.61 bits per heavy atom. The van der Waals surface area contributed by atoms with E-state index in [1.165, 1.54) is 6.07 Å². The van der Waals surface area contributed by atoms with Crippen molar-refractivity contribution in [2.24, 2.45) is 10.9 Å². The summed E-state index contributed by atoms with van der Waals surface area (Å²) in [6.45, 7) is 4.19. The molecule has 0 saturated heterocycles. The van der Waals surface area contributed by atoms with Gasteiger partial charge in [0.2, 0.25) is 0 Å². The molecule has 18 heavy (non-hydrogen) atoms. The molecule has 1 atom stereocenters. The van der Waals surface area contributed by atoms with E-state index in [4.69, 9.17) is 4.74 Å². The Kier molecular flexibility index (Phi) is 3.32. The smallest absolute Gasteiger partial charge is 0.416 e. The van der Waals surface area contributed by atoms with Gasteiger partial charge in [-0.1, -0.05) is 26.0 Å². The lowest BCUT2D eigenvalue weighted by molar-refractivity contribution is -0.137. The third kappa shape index (κ3) is 2.66. The van der Waals surface area contributed by atoms with Crippen LogP contribution in [0.25, 0.3) is 0 Å². The number of benzene rings is 1. The summed E-state index contributed by atoms with van der Waals surface area (Å²) in [4.78, 5) is 4.31. The molecule has 0 saturated carbocycles. The Morgan fingerprint density at radius 2 is 2.06 bits per heavy atom. The van der Waals surface area contributed by atoms with Crippen molar-refractivity contribution in [2.45, 2.75) is 26.1 Å². The highest BCUT2D eigenvalue weighted by Gasteiger charge is 2.31. The molecule has 0 fully saturated rings. The zero-order valence-corrected chi connectivity index (χ0v) is 10.2. The minimum atomic E-state index is -4.32. The Hall–Kier alpha value is -1.52. The van der Waals surface area contributed by atoms with Crippen molar-refractivity contribution in [3.63, 3.8) is 0 Å². The van der Waals surface area contributed by atoms with Gasteiger partial charge in [0.05, 0.1) is 5.56 Å². The molecule has 0 spiro atoms. The van der Waals surface area contributed by atoms with E-state index in [1.807, 2.05) is 13.8 Å². The predicted molar refractivity (Wildman–Crippen MR) is 62.4 cm³/mol. The van der Waals surface area contributed by atoms with Crippen LogP contribution in [0.2, 0.25) is 0 Å². The van der Waals surface area contributed by atoms with Crippen LogP contribution >= 0.6 is 0 Å². The second-order valence-electron chi connectivity index (χ2n) is 4.57. The highest BCUT2D eigenvalue weighted by molar-refractivity contribution is 5.79. The van der Waals surface area contributed by atoms with E-state index < -0.39 is 11.7 Å². The number of ether oxygens (including phenoxy) is 1. The van der Waals surface area contributed by atoms with Gasteiger partial charge in [-0.3, -0.25) is 0 Å². The third-order valence-corrected chi connectivity index (χ3v) is 2.76. The van der Waals surface area contributed by atoms with Crippen molar-refractivity contribution in [3.8, 4) is 0 Å². The van der Waals surface area contributed by atoms with Gasteiger partial charge in [-0.05, 0) is 17.7 Å². The first-order valence-electron chi connectivity index (χ1n) is 5.75. The standard InChI is InChI=1S/C13H14F3NO/c1-8(2)12-17-11(7-18-12)9-4-3-5-10(6-9)13(14,15)16/h3-6,8,11H,7H2,1-2H3/t11-/m1/s1. The zero-order chi connectivity index (χ0) is 13.3. The Morgan fingerprint density at radius 1 is 1.33 bits per heavy atom. The molecule has 0 amide bonds. The molecule has 2 nitrogen and oxygen atoms in total. The molecular weight excluding hydrogens is 243 g/mol. The molecule has 0 unspecified atom stereocenters. The van der Waals surface area contributed by atoms with Gasteiger partial charge in [-0.15, -0.1) is 0 Å². The van der Waals surface area contributed by atoms with Gasteiger partial charge in [-0.25, -0.2) is 4.99 Å². The molecular formula is C13H14F3NO. The summed E-state index contributed by atoms with van der Waals surface area (Å²) in [6, 6.07) is 4.93. The van der Waals surface area contributed by atoms with Gasteiger partial charge in [0.15, 0.2) is 5.90 Å². The number of halogens is 3. The normalized spacial score (nSPS) is 19.9. The maximum absolute atomic E-state index is 12.6. The van der Waals surface area contributed by atoms with Gasteiger partial charge in [-0.2, -0.15) is 13.2 Å². The van der Waals surface area contributed by atoms with Crippen molar-refractivity contribution in [1.82, 2.24) is 0 Å². The number of hydrogen-bond acceptors (Lipinski definition) is 2. The van der Waals surface area contributed by atoms with Crippen molar-refractivity contribution in [1.29, 1.82) is 0 Å². The molecule has 5 heteroatoms. The average Bonchev–Trinajstić information content (AvgIpc) is 2.77. The van der Waals surface area contributed by atoms with E-state index in [1.54, 1.807) is 6.07 Å². The molecule has 0 radical (unpaired) electrons. The van der Waals surface area contributed by atoms with Gasteiger partial charge in [0.25, 0.3) is 0 Å². The predicted octanol–water partition coefficient (Wildman–Crippen LogP) is 3.83. The van der Waals surface area contributed by atoms with E-state index in [2.05, 4.69) is 4.99 Å². The molecule has 98 valence electrons. The van der Waals surface area contributed by atoms with E-state index in [0.29, 0.717) is 18.1 Å². The maximum Gasteiger partial charge on any atom is 0.416 e. The van der Waals surface area contributed by atoms with Gasteiger partial charge in [0, 0.05) is 5.92 Å². The number of aliphatic imine (C=N–C) groups is 1. The van der Waals surface area contributed by atoms with Crippen LogP contribution in [0, 0.1) is 5.92 Å². The van der Waals surface area contributed by atoms with Crippen LogP contribution in [0.1, 0.15) is 31.0 Å². The minimum absolute atomic E-state index is 0.154. The largest absolute Gasteiger partial charge is 0.478 e. The van der Waals surface area contributed by atoms with E-state index in [9.17, 15) is 13.2 Å². The monoisotopic (exact) mass is 257 g/mol. The summed E-state index contributed by atoms with van der Waals surface area (Å²) in [7, 11) is 0. The van der Waals surface area contributed by atoms with Gasteiger partial charge < -0.3 is 4.74 Å². The van der Waals surface area contributed by atoms with Gasteiger partial charge >= 0.3 is 6.18 Å². The highest BCUT2D eigenvalue weighted by atomic mass is 19.4. The van der Waals surface area contributed by atoms with Crippen molar-refractivity contribution in [3.05, 3.63) is 35.4 Å². The Balaban J connectivity index is 2.25. The van der Waals surface area contributed by atoms with Crippen LogP contribution in [0.15, 0.2) is 29.3 Å². The third-order valence-electron chi connectivity index (χ3n) is 2.76. The summed E-state index contributed by atoms with van der Waals surface area (Å²) < 4.78 is 43.2. The lowest BCUT2D eigenvalue weighted by atomic mass is 10.0. The van der Waals surface area contributed by atoms with Gasteiger partial charge in [0.1, 0.15) is 12.6 Å². The van der Waals surface area contributed by atoms with Crippen LogP contribution in [0.4, 0.5) is 13.2 Å². The van der Waals surface area contributed by atoms with Crippen LogP contribution < -0.4 is 0 Å². The molecule has 0 aromatic heterocycles. The highest BCUT2D eigenvalue weighted by Crippen LogP contribution is 2.32. The fraction of sp³-hybridized carbons (Fsp3) is 0.462. The summed E-state index contributed by atoms with van der Waals surface area (Å²) in [5.41, 5.74) is -0.103. The number of hydrogen-bond donors (Lipinski definition) is 0. The Labute approximate surface area is 103 Å². The summed E-state index contributed by atoms with van der Waals surface area (Å²) in [5, 5.41) is 0. The molecule has 1 heterocycles. The maximum atomic E-state index is 12.6. The SMILES string of the molecule is CC(C)C1=N[C@@H](c2cccc(C(F)(F)F)c2)CO1. The molecule has 2 rings (SSSR count).